The van der Waals surface area contributed by atoms with Gasteiger partial charge in [0.1, 0.15) is 12.7 Å². The van der Waals surface area contributed by atoms with Crippen LogP contribution in [-0.2, 0) is 4.79 Å². The molecular weight excluding hydrogens is 172 g/mol. The van der Waals surface area contributed by atoms with Crippen molar-refractivity contribution in [1.82, 2.24) is 5.32 Å². The number of carboxylic acid groups (broad SMARTS) is 1. The van der Waals surface area contributed by atoms with Gasteiger partial charge in [-0.25, -0.2) is 4.79 Å². The number of aliphatic carboxylic acids is 1. The normalized spacial score (nSPS) is 33.5. The molecule has 1 saturated heterocycles. The average Bonchev–Trinajstić information content (AvgIpc) is 2.32. The molecule has 1 aliphatic rings. The Labute approximate surface area is 77.6 Å². The predicted octanol–water partition coefficient (Wildman–Crippen LogP) is -1.17. The Morgan fingerprint density at radius 1 is 1.69 bits per heavy atom. The lowest BCUT2D eigenvalue weighted by molar-refractivity contribution is -0.932. The van der Waals surface area contributed by atoms with Gasteiger partial charge in [-0.05, 0) is 0 Å². The number of nitrogens with zero attached hydrogens (tertiary/aromatic N) is 1. The van der Waals surface area contributed by atoms with E-state index in [1.165, 1.54) is 0 Å². The van der Waals surface area contributed by atoms with E-state index in [2.05, 4.69) is 5.32 Å². The van der Waals surface area contributed by atoms with Crippen molar-refractivity contribution < 1.29 is 19.5 Å². The van der Waals surface area contributed by atoms with E-state index in [4.69, 9.17) is 10.2 Å². The Bertz CT molecular complexity index is 198. The molecule has 0 aromatic rings. The molecule has 1 rings (SSSR count). The molecule has 0 spiro atoms. The van der Waals surface area contributed by atoms with E-state index in [1.54, 1.807) is 0 Å². The molecule has 0 bridgehead atoms. The molecule has 0 saturated carbocycles. The molecule has 1 fully saturated rings. The maximum absolute atomic E-state index is 10.7. The van der Waals surface area contributed by atoms with Gasteiger partial charge in [0.15, 0.2) is 6.54 Å². The Kier molecular flexibility index (Phi) is 3.24. The number of nitrogens with one attached hydrogen (secondary N) is 1. The second-order valence-corrected chi connectivity index (χ2v) is 3.57. The van der Waals surface area contributed by atoms with Crippen molar-refractivity contribution in [2.75, 3.05) is 32.8 Å². The molecule has 5 nitrogen and oxygen atoms in total. The monoisotopic (exact) mass is 189 g/mol. The Balaban J connectivity index is 2.67. The highest BCUT2D eigenvalue weighted by atomic mass is 16.4. The zero-order chi connectivity index (χ0) is 9.90. The molecule has 0 aromatic heterocycles. The molecule has 3 N–H and O–H groups in total. The van der Waals surface area contributed by atoms with Crippen LogP contribution in [0.15, 0.2) is 0 Å². The van der Waals surface area contributed by atoms with Crippen molar-refractivity contribution in [3.63, 3.8) is 0 Å². The fraction of sp³-hybridized carbons (Fsp3) is 0.875. The molecule has 0 aromatic carbocycles. The van der Waals surface area contributed by atoms with Crippen molar-refractivity contribution in [3.05, 3.63) is 0 Å². The van der Waals surface area contributed by atoms with Gasteiger partial charge in [0, 0.05) is 6.92 Å². The van der Waals surface area contributed by atoms with Crippen LogP contribution in [-0.4, -0.2) is 59.6 Å². The smallest absolute Gasteiger partial charge is 0.359 e. The summed E-state index contributed by atoms with van der Waals surface area (Å²) in [4.78, 5) is 10.7. The second kappa shape index (κ2) is 4.04. The van der Waals surface area contributed by atoms with Gasteiger partial charge in [-0.15, -0.1) is 0 Å². The van der Waals surface area contributed by atoms with E-state index >= 15 is 0 Å². The fourth-order valence-electron chi connectivity index (χ4n) is 1.95. The highest BCUT2D eigenvalue weighted by molar-refractivity contribution is 5.68. The first-order valence-corrected chi connectivity index (χ1v) is 4.52. The number of carboxylic acids is 1. The lowest BCUT2D eigenvalue weighted by Crippen LogP contribution is -2.56. The van der Waals surface area contributed by atoms with Crippen molar-refractivity contribution in [3.8, 4) is 0 Å². The highest BCUT2D eigenvalue weighted by Gasteiger charge is 2.39. The minimum Gasteiger partial charge on any atom is -0.477 e. The van der Waals surface area contributed by atoms with Crippen LogP contribution in [0.2, 0.25) is 0 Å². The summed E-state index contributed by atoms with van der Waals surface area (Å²) in [6.07, 6.45) is 0.128. The third-order valence-electron chi connectivity index (χ3n) is 2.81. The largest absolute Gasteiger partial charge is 0.477 e. The SMILES string of the molecule is CC1NCC[N+]1(CCO)CC(=O)O. The maximum Gasteiger partial charge on any atom is 0.359 e. The van der Waals surface area contributed by atoms with Gasteiger partial charge in [0.05, 0.1) is 19.7 Å². The zero-order valence-corrected chi connectivity index (χ0v) is 7.86. The zero-order valence-electron chi connectivity index (χ0n) is 7.86. The first-order valence-electron chi connectivity index (χ1n) is 4.52. The number of rotatable bonds is 4. The van der Waals surface area contributed by atoms with E-state index in [-0.39, 0.29) is 19.3 Å². The van der Waals surface area contributed by atoms with Crippen molar-refractivity contribution in [2.24, 2.45) is 0 Å². The van der Waals surface area contributed by atoms with Crippen molar-refractivity contribution >= 4 is 5.97 Å². The summed E-state index contributed by atoms with van der Waals surface area (Å²) < 4.78 is 0.450. The Morgan fingerprint density at radius 2 is 2.38 bits per heavy atom. The van der Waals surface area contributed by atoms with E-state index in [9.17, 15) is 4.79 Å². The van der Waals surface area contributed by atoms with Gasteiger partial charge in [0.2, 0.25) is 0 Å². The molecule has 0 radical (unpaired) electrons. The summed E-state index contributed by atoms with van der Waals surface area (Å²) in [5.74, 6) is -0.802. The number of hydrogen-bond acceptors (Lipinski definition) is 3. The number of aliphatic hydroxyl groups excluding tert-OH is 1. The standard InChI is InChI=1S/C8H16N2O3/c1-7-9-2-3-10(7,4-5-11)6-8(12)13/h7,9,11H,2-6H2,1H3/p+1. The third-order valence-corrected chi connectivity index (χ3v) is 2.81. The predicted molar refractivity (Wildman–Crippen MR) is 47.0 cm³/mol. The molecule has 0 aliphatic carbocycles. The summed E-state index contributed by atoms with van der Waals surface area (Å²) in [6.45, 7) is 4.22. The van der Waals surface area contributed by atoms with Gasteiger partial charge in [0.25, 0.3) is 0 Å². The van der Waals surface area contributed by atoms with Crippen LogP contribution >= 0.6 is 0 Å². The van der Waals surface area contributed by atoms with Crippen LogP contribution < -0.4 is 5.32 Å². The molecule has 13 heavy (non-hydrogen) atoms. The molecular formula is C8H17N2O3+. The first kappa shape index (κ1) is 10.4. The van der Waals surface area contributed by atoms with Crippen molar-refractivity contribution in [2.45, 2.75) is 13.1 Å². The van der Waals surface area contributed by atoms with Gasteiger partial charge in [-0.3, -0.25) is 9.80 Å². The van der Waals surface area contributed by atoms with E-state index in [1.807, 2.05) is 6.92 Å². The van der Waals surface area contributed by atoms with Crippen LogP contribution in [0.5, 0.6) is 0 Å². The maximum atomic E-state index is 10.7. The number of carbonyl (C=O) groups is 1. The minimum atomic E-state index is -0.802. The summed E-state index contributed by atoms with van der Waals surface area (Å²) in [5, 5.41) is 20.8. The number of hydrogen-bond donors (Lipinski definition) is 3. The molecule has 2 atom stereocenters. The van der Waals surface area contributed by atoms with Crippen LogP contribution in [0.4, 0.5) is 0 Å². The van der Waals surface area contributed by atoms with Gasteiger partial charge in [-0.1, -0.05) is 0 Å². The minimum absolute atomic E-state index is 0.0410. The third kappa shape index (κ3) is 2.18. The fourth-order valence-corrected chi connectivity index (χ4v) is 1.95. The summed E-state index contributed by atoms with van der Waals surface area (Å²) in [7, 11) is 0. The second-order valence-electron chi connectivity index (χ2n) is 3.57. The van der Waals surface area contributed by atoms with Crippen LogP contribution in [0.3, 0.4) is 0 Å². The number of aliphatic hydroxyl groups is 1. The highest BCUT2D eigenvalue weighted by Crippen LogP contribution is 2.15. The van der Waals surface area contributed by atoms with Crippen molar-refractivity contribution in [1.29, 1.82) is 0 Å². The topological polar surface area (TPSA) is 69.6 Å². The van der Waals surface area contributed by atoms with Crippen LogP contribution in [0.1, 0.15) is 6.92 Å². The van der Waals surface area contributed by atoms with E-state index in [0.717, 1.165) is 13.1 Å². The quantitative estimate of drug-likeness (QED) is 0.487. The Hall–Kier alpha value is -0.650. The summed E-state index contributed by atoms with van der Waals surface area (Å²) >= 11 is 0. The summed E-state index contributed by atoms with van der Waals surface area (Å²) in [6, 6.07) is 0. The van der Waals surface area contributed by atoms with Crippen LogP contribution in [0.25, 0.3) is 0 Å². The number of quaternary nitrogens is 1. The first-order chi connectivity index (χ1) is 6.10. The van der Waals surface area contributed by atoms with E-state index in [0.29, 0.717) is 11.0 Å². The lowest BCUT2D eigenvalue weighted by Gasteiger charge is -2.35. The molecule has 0 amide bonds. The molecule has 1 aliphatic heterocycles. The lowest BCUT2D eigenvalue weighted by atomic mass is 10.3. The Morgan fingerprint density at radius 3 is 2.77 bits per heavy atom. The molecule has 1 heterocycles. The van der Waals surface area contributed by atoms with Gasteiger partial charge < -0.3 is 10.2 Å². The van der Waals surface area contributed by atoms with Gasteiger partial charge >= 0.3 is 5.97 Å². The molecule has 76 valence electrons. The molecule has 2 unspecified atom stereocenters. The summed E-state index contributed by atoms with van der Waals surface area (Å²) in [5.41, 5.74) is 0. The van der Waals surface area contributed by atoms with Crippen LogP contribution in [0, 0.1) is 0 Å². The van der Waals surface area contributed by atoms with Gasteiger partial charge in [-0.2, -0.15) is 0 Å². The average molecular weight is 189 g/mol. The van der Waals surface area contributed by atoms with E-state index < -0.39 is 5.97 Å². The molecule has 5 heteroatoms.